The van der Waals surface area contributed by atoms with Crippen molar-refractivity contribution in [3.05, 3.63) is 33.9 Å². The van der Waals surface area contributed by atoms with E-state index in [2.05, 4.69) is 10.6 Å². The van der Waals surface area contributed by atoms with Gasteiger partial charge >= 0.3 is 12.3 Å². The average molecular weight is 349 g/mol. The minimum absolute atomic E-state index is 0.0704. The molecule has 2 N–H and O–H groups in total. The first-order chi connectivity index (χ1) is 10.9. The lowest BCUT2D eigenvalue weighted by molar-refractivity contribution is -0.384. The van der Waals surface area contributed by atoms with Crippen molar-refractivity contribution in [1.82, 2.24) is 5.32 Å². The number of carbonyl (C=O) groups is 1. The summed E-state index contributed by atoms with van der Waals surface area (Å²) in [6.07, 6.45) is -5.33. The number of alkyl carbamates (subject to hydrolysis) is 1. The molecule has 0 fully saturated rings. The number of rotatable bonds is 5. The van der Waals surface area contributed by atoms with Gasteiger partial charge in [0.05, 0.1) is 10.5 Å². The number of hydrogen-bond donors (Lipinski definition) is 2. The summed E-state index contributed by atoms with van der Waals surface area (Å²) >= 11 is 0. The van der Waals surface area contributed by atoms with Crippen LogP contribution in [0.4, 0.5) is 29.3 Å². The lowest BCUT2D eigenvalue weighted by Crippen LogP contribution is -2.35. The molecule has 0 spiro atoms. The molecule has 0 bridgehead atoms. The van der Waals surface area contributed by atoms with Gasteiger partial charge in [0.25, 0.3) is 5.69 Å². The maximum absolute atomic E-state index is 12.6. The van der Waals surface area contributed by atoms with E-state index in [-0.39, 0.29) is 18.8 Å². The van der Waals surface area contributed by atoms with Gasteiger partial charge in [0, 0.05) is 19.2 Å². The van der Waals surface area contributed by atoms with Crippen LogP contribution < -0.4 is 10.6 Å². The zero-order valence-corrected chi connectivity index (χ0v) is 13.4. The van der Waals surface area contributed by atoms with Gasteiger partial charge in [-0.05, 0) is 32.9 Å². The number of amides is 1. The molecule has 0 radical (unpaired) electrons. The highest BCUT2D eigenvalue weighted by Crippen LogP contribution is 2.34. The van der Waals surface area contributed by atoms with E-state index in [9.17, 15) is 28.1 Å². The summed E-state index contributed by atoms with van der Waals surface area (Å²) in [6, 6.07) is 2.19. The molecule has 0 unspecified atom stereocenters. The van der Waals surface area contributed by atoms with Gasteiger partial charge in [-0.15, -0.1) is 0 Å². The van der Waals surface area contributed by atoms with Crippen LogP contribution in [-0.2, 0) is 10.9 Å². The normalized spacial score (nSPS) is 11.8. The predicted octanol–water partition coefficient (Wildman–Crippen LogP) is 3.55. The maximum Gasteiger partial charge on any atom is 0.416 e. The number of nitrogens with zero attached hydrogens (tertiary/aromatic N) is 1. The van der Waals surface area contributed by atoms with Gasteiger partial charge in [-0.2, -0.15) is 13.2 Å². The van der Waals surface area contributed by atoms with E-state index in [0.717, 1.165) is 12.1 Å². The largest absolute Gasteiger partial charge is 0.444 e. The molecule has 0 heterocycles. The minimum Gasteiger partial charge on any atom is -0.444 e. The zero-order chi connectivity index (χ0) is 18.5. The number of hydrogen-bond acceptors (Lipinski definition) is 5. The van der Waals surface area contributed by atoms with Crippen LogP contribution in [0.2, 0.25) is 0 Å². The summed E-state index contributed by atoms with van der Waals surface area (Å²) in [4.78, 5) is 21.4. The van der Waals surface area contributed by atoms with E-state index in [1.165, 1.54) is 0 Å². The van der Waals surface area contributed by atoms with Gasteiger partial charge in [0.2, 0.25) is 0 Å². The van der Waals surface area contributed by atoms with Crippen molar-refractivity contribution in [1.29, 1.82) is 0 Å². The summed E-state index contributed by atoms with van der Waals surface area (Å²) in [5.74, 6) is 0. The lowest BCUT2D eigenvalue weighted by atomic mass is 10.1. The number of carbonyl (C=O) groups excluding carboxylic acids is 1. The molecular formula is C14H18F3N3O4. The minimum atomic E-state index is -4.67. The number of nitrogens with one attached hydrogen (secondary N) is 2. The Balaban J connectivity index is 2.65. The van der Waals surface area contributed by atoms with Crippen molar-refractivity contribution in [2.24, 2.45) is 0 Å². The number of nitro groups is 1. The van der Waals surface area contributed by atoms with E-state index < -0.39 is 34.0 Å². The molecule has 134 valence electrons. The summed E-state index contributed by atoms with van der Waals surface area (Å²) in [6.45, 7) is 5.22. The molecule has 1 aromatic carbocycles. The van der Waals surface area contributed by atoms with Crippen molar-refractivity contribution >= 4 is 17.5 Å². The van der Waals surface area contributed by atoms with Crippen LogP contribution in [0.1, 0.15) is 26.3 Å². The standard InChI is InChI=1S/C14H18F3N3O4/c1-13(2,3)24-12(21)19-7-6-18-10-5-4-9(14(15,16)17)8-11(10)20(22)23/h4-5,8,18H,6-7H2,1-3H3,(H,19,21). The molecule has 10 heteroatoms. The smallest absolute Gasteiger partial charge is 0.416 e. The first kappa shape index (κ1) is 19.5. The van der Waals surface area contributed by atoms with Crippen molar-refractivity contribution in [3.8, 4) is 0 Å². The summed E-state index contributed by atoms with van der Waals surface area (Å²) in [5.41, 5.74) is -2.53. The zero-order valence-electron chi connectivity index (χ0n) is 13.4. The predicted molar refractivity (Wildman–Crippen MR) is 80.8 cm³/mol. The monoisotopic (exact) mass is 349 g/mol. The SMILES string of the molecule is CC(C)(C)OC(=O)NCCNc1ccc(C(F)(F)F)cc1[N+](=O)[O-]. The van der Waals surface area contributed by atoms with E-state index in [0.29, 0.717) is 6.07 Å². The van der Waals surface area contributed by atoms with Crippen molar-refractivity contribution < 1.29 is 27.6 Å². The van der Waals surface area contributed by atoms with Crippen molar-refractivity contribution in [2.75, 3.05) is 18.4 Å². The Hall–Kier alpha value is -2.52. The Labute approximate surface area is 136 Å². The number of alkyl halides is 3. The Morgan fingerprint density at radius 1 is 1.25 bits per heavy atom. The van der Waals surface area contributed by atoms with E-state index >= 15 is 0 Å². The summed E-state index contributed by atoms with van der Waals surface area (Å²) < 4.78 is 42.8. The molecule has 1 amide bonds. The second-order valence-electron chi connectivity index (χ2n) is 5.84. The molecule has 0 saturated heterocycles. The fourth-order valence-corrected chi connectivity index (χ4v) is 1.68. The Kier molecular flexibility index (Phi) is 5.99. The number of anilines is 1. The Bertz CT molecular complexity index is 612. The number of benzene rings is 1. The van der Waals surface area contributed by atoms with E-state index in [4.69, 9.17) is 4.74 Å². The van der Waals surface area contributed by atoms with Gasteiger partial charge in [-0.1, -0.05) is 0 Å². The first-order valence-corrected chi connectivity index (χ1v) is 6.96. The summed E-state index contributed by atoms with van der Waals surface area (Å²) in [7, 11) is 0. The molecular weight excluding hydrogens is 331 g/mol. The fourth-order valence-electron chi connectivity index (χ4n) is 1.68. The van der Waals surface area contributed by atoms with Gasteiger partial charge in [-0.3, -0.25) is 10.1 Å². The quantitative estimate of drug-likeness (QED) is 0.482. The van der Waals surface area contributed by atoms with Crippen LogP contribution in [0.25, 0.3) is 0 Å². The maximum atomic E-state index is 12.6. The van der Waals surface area contributed by atoms with Gasteiger partial charge in [0.1, 0.15) is 11.3 Å². The third kappa shape index (κ3) is 6.31. The second kappa shape index (κ2) is 7.37. The second-order valence-corrected chi connectivity index (χ2v) is 5.84. The topological polar surface area (TPSA) is 93.5 Å². The third-order valence-electron chi connectivity index (χ3n) is 2.63. The van der Waals surface area contributed by atoms with Gasteiger partial charge in [0.15, 0.2) is 0 Å². The molecule has 24 heavy (non-hydrogen) atoms. The molecule has 7 nitrogen and oxygen atoms in total. The summed E-state index contributed by atoms with van der Waals surface area (Å²) in [5, 5.41) is 15.9. The molecule has 0 aromatic heterocycles. The van der Waals surface area contributed by atoms with Crippen molar-refractivity contribution in [2.45, 2.75) is 32.5 Å². The Morgan fingerprint density at radius 3 is 2.38 bits per heavy atom. The third-order valence-corrected chi connectivity index (χ3v) is 2.63. The fraction of sp³-hybridized carbons (Fsp3) is 0.500. The number of ether oxygens (including phenoxy) is 1. The van der Waals surface area contributed by atoms with Crippen LogP contribution in [0, 0.1) is 10.1 Å². The van der Waals surface area contributed by atoms with E-state index in [1.807, 2.05) is 0 Å². The lowest BCUT2D eigenvalue weighted by Gasteiger charge is -2.19. The molecule has 0 atom stereocenters. The van der Waals surface area contributed by atoms with Crippen LogP contribution >= 0.6 is 0 Å². The molecule has 0 aliphatic carbocycles. The highest BCUT2D eigenvalue weighted by atomic mass is 19.4. The highest BCUT2D eigenvalue weighted by molar-refractivity contribution is 5.68. The van der Waals surface area contributed by atoms with E-state index in [1.54, 1.807) is 20.8 Å². The average Bonchev–Trinajstić information content (AvgIpc) is 2.40. The number of nitro benzene ring substituents is 1. The van der Waals surface area contributed by atoms with Crippen LogP contribution in [0.3, 0.4) is 0 Å². The molecule has 0 aliphatic heterocycles. The first-order valence-electron chi connectivity index (χ1n) is 6.96. The van der Waals surface area contributed by atoms with Crippen LogP contribution in [-0.4, -0.2) is 29.7 Å². The van der Waals surface area contributed by atoms with Crippen LogP contribution in [0.5, 0.6) is 0 Å². The van der Waals surface area contributed by atoms with Crippen LogP contribution in [0.15, 0.2) is 18.2 Å². The molecule has 1 aromatic rings. The number of halogens is 3. The Morgan fingerprint density at radius 2 is 1.88 bits per heavy atom. The van der Waals surface area contributed by atoms with Gasteiger partial charge < -0.3 is 15.4 Å². The molecule has 1 rings (SSSR count). The molecule has 0 aliphatic rings. The van der Waals surface area contributed by atoms with Crippen molar-refractivity contribution in [3.63, 3.8) is 0 Å². The highest BCUT2D eigenvalue weighted by Gasteiger charge is 2.33. The van der Waals surface area contributed by atoms with Gasteiger partial charge in [-0.25, -0.2) is 4.79 Å². The molecule has 0 saturated carbocycles.